The molecule has 0 aromatic rings. The second-order valence-corrected chi connectivity index (χ2v) is 4.45. The van der Waals surface area contributed by atoms with Gasteiger partial charge in [0.1, 0.15) is 6.61 Å². The van der Waals surface area contributed by atoms with E-state index in [-0.39, 0.29) is 30.6 Å². The van der Waals surface area contributed by atoms with Gasteiger partial charge in [0.25, 0.3) is 0 Å². The highest BCUT2D eigenvalue weighted by atomic mass is 16.5. The second-order valence-electron chi connectivity index (χ2n) is 4.45. The van der Waals surface area contributed by atoms with Crippen molar-refractivity contribution in [1.29, 1.82) is 0 Å². The minimum atomic E-state index is -0.509. The van der Waals surface area contributed by atoms with Crippen LogP contribution in [0.25, 0.3) is 0 Å². The zero-order valence-electron chi connectivity index (χ0n) is 10.3. The van der Waals surface area contributed by atoms with Crippen LogP contribution in [0.2, 0.25) is 0 Å². The Labute approximate surface area is 101 Å². The first-order chi connectivity index (χ1) is 8.00. The van der Waals surface area contributed by atoms with Gasteiger partial charge < -0.3 is 20.5 Å². The highest BCUT2D eigenvalue weighted by Gasteiger charge is 2.28. The lowest BCUT2D eigenvalue weighted by Gasteiger charge is -2.32. The molecule has 2 amide bonds. The predicted octanol–water partition coefficient (Wildman–Crippen LogP) is -0.582. The van der Waals surface area contributed by atoms with Crippen LogP contribution in [0.3, 0.4) is 0 Å². The van der Waals surface area contributed by atoms with Gasteiger partial charge in [-0.3, -0.25) is 9.59 Å². The van der Waals surface area contributed by atoms with E-state index in [1.54, 1.807) is 0 Å². The van der Waals surface area contributed by atoms with Crippen LogP contribution in [-0.4, -0.2) is 43.8 Å². The third-order valence-corrected chi connectivity index (χ3v) is 2.58. The molecule has 1 saturated heterocycles. The summed E-state index contributed by atoms with van der Waals surface area (Å²) in [7, 11) is 0. The molecule has 1 fully saturated rings. The number of ether oxygens (including phenoxy) is 2. The van der Waals surface area contributed by atoms with E-state index < -0.39 is 5.91 Å². The zero-order chi connectivity index (χ0) is 12.8. The Hall–Kier alpha value is -1.14. The fourth-order valence-electron chi connectivity index (χ4n) is 1.59. The summed E-state index contributed by atoms with van der Waals surface area (Å²) in [6.45, 7) is 4.48. The van der Waals surface area contributed by atoms with Gasteiger partial charge in [0.15, 0.2) is 0 Å². The molecule has 98 valence electrons. The van der Waals surface area contributed by atoms with E-state index in [1.165, 1.54) is 0 Å². The van der Waals surface area contributed by atoms with Crippen molar-refractivity contribution in [3.63, 3.8) is 0 Å². The van der Waals surface area contributed by atoms with Gasteiger partial charge in [-0.15, -0.1) is 0 Å². The van der Waals surface area contributed by atoms with Crippen LogP contribution in [-0.2, 0) is 19.1 Å². The number of hydrogen-bond donors (Lipinski definition) is 2. The van der Waals surface area contributed by atoms with Gasteiger partial charge in [0, 0.05) is 12.5 Å². The van der Waals surface area contributed by atoms with Gasteiger partial charge in [0.2, 0.25) is 11.8 Å². The summed E-state index contributed by atoms with van der Waals surface area (Å²) in [4.78, 5) is 22.2. The van der Waals surface area contributed by atoms with Crippen molar-refractivity contribution < 1.29 is 19.1 Å². The molecule has 0 aliphatic carbocycles. The minimum absolute atomic E-state index is 0.0480. The maximum atomic E-state index is 11.6. The first kappa shape index (κ1) is 13.9. The Bertz CT molecular complexity index is 281. The molecule has 2 atom stereocenters. The molecule has 0 unspecified atom stereocenters. The van der Waals surface area contributed by atoms with Crippen molar-refractivity contribution in [1.82, 2.24) is 5.32 Å². The van der Waals surface area contributed by atoms with E-state index in [1.807, 2.05) is 13.8 Å². The van der Waals surface area contributed by atoms with Gasteiger partial charge >= 0.3 is 0 Å². The number of amides is 2. The van der Waals surface area contributed by atoms with Crippen molar-refractivity contribution in [2.24, 2.45) is 11.7 Å². The van der Waals surface area contributed by atoms with E-state index in [4.69, 9.17) is 15.2 Å². The maximum absolute atomic E-state index is 11.6. The molecule has 0 aromatic carbocycles. The molecular weight excluding hydrogens is 224 g/mol. The summed E-state index contributed by atoms with van der Waals surface area (Å²) in [6, 6.07) is -0.210. The summed E-state index contributed by atoms with van der Waals surface area (Å²) in [5, 5.41) is 2.85. The lowest BCUT2D eigenvalue weighted by molar-refractivity contribution is -0.132. The topological polar surface area (TPSA) is 90.7 Å². The number of carbonyl (C=O) groups excluding carboxylic acids is 2. The Morgan fingerprint density at radius 3 is 2.82 bits per heavy atom. The van der Waals surface area contributed by atoms with Gasteiger partial charge in [-0.25, -0.2) is 0 Å². The van der Waals surface area contributed by atoms with Crippen molar-refractivity contribution >= 4 is 11.8 Å². The van der Waals surface area contributed by atoms with Gasteiger partial charge in [-0.05, 0) is 6.42 Å². The van der Waals surface area contributed by atoms with Crippen molar-refractivity contribution in [3.05, 3.63) is 0 Å². The van der Waals surface area contributed by atoms with Crippen molar-refractivity contribution in [3.8, 4) is 0 Å². The summed E-state index contributed by atoms with van der Waals surface area (Å²) in [6.07, 6.45) is 0.440. The van der Waals surface area contributed by atoms with Crippen LogP contribution < -0.4 is 11.1 Å². The smallest absolute Gasteiger partial charge is 0.243 e. The third-order valence-electron chi connectivity index (χ3n) is 2.58. The molecule has 0 aromatic heterocycles. The molecule has 0 spiro atoms. The number of carbonyl (C=O) groups is 2. The standard InChI is InChI=1S/C11H20N2O4/c1-7(2)11(15)13-8-5-16-4-3-9(8)17-6-10(12)14/h7-9H,3-6H2,1-2H3,(H2,12,14)(H,13,15)/t8-,9+/m1/s1. The molecule has 0 bridgehead atoms. The SMILES string of the molecule is CC(C)C(=O)N[C@@H]1COCC[C@@H]1OCC(N)=O. The number of hydrogen-bond acceptors (Lipinski definition) is 4. The number of nitrogens with two attached hydrogens (primary N) is 1. The van der Waals surface area contributed by atoms with E-state index in [0.29, 0.717) is 19.6 Å². The molecule has 0 saturated carbocycles. The summed E-state index contributed by atoms with van der Waals surface area (Å²) >= 11 is 0. The molecule has 1 aliphatic rings. The zero-order valence-corrected chi connectivity index (χ0v) is 10.3. The highest BCUT2D eigenvalue weighted by molar-refractivity contribution is 5.78. The van der Waals surface area contributed by atoms with Crippen LogP contribution in [0, 0.1) is 5.92 Å². The molecule has 0 radical (unpaired) electrons. The molecule has 1 heterocycles. The number of rotatable bonds is 5. The van der Waals surface area contributed by atoms with Crippen LogP contribution in [0.5, 0.6) is 0 Å². The quantitative estimate of drug-likeness (QED) is 0.677. The summed E-state index contributed by atoms with van der Waals surface area (Å²) in [5.41, 5.74) is 5.02. The Morgan fingerprint density at radius 2 is 2.24 bits per heavy atom. The van der Waals surface area contributed by atoms with Crippen LogP contribution in [0.1, 0.15) is 20.3 Å². The van der Waals surface area contributed by atoms with E-state index >= 15 is 0 Å². The molecule has 6 heteroatoms. The Balaban J connectivity index is 2.47. The molecule has 17 heavy (non-hydrogen) atoms. The fourth-order valence-corrected chi connectivity index (χ4v) is 1.59. The second kappa shape index (κ2) is 6.56. The average Bonchev–Trinajstić information content (AvgIpc) is 2.27. The number of nitrogens with one attached hydrogen (secondary N) is 1. The van der Waals surface area contributed by atoms with Crippen LogP contribution in [0.15, 0.2) is 0 Å². The normalized spacial score (nSPS) is 24.6. The monoisotopic (exact) mass is 244 g/mol. The molecule has 1 rings (SSSR count). The van der Waals surface area contributed by atoms with E-state index in [9.17, 15) is 9.59 Å². The van der Waals surface area contributed by atoms with Crippen LogP contribution in [0.4, 0.5) is 0 Å². The minimum Gasteiger partial charge on any atom is -0.379 e. The van der Waals surface area contributed by atoms with Gasteiger partial charge in [-0.1, -0.05) is 13.8 Å². The average molecular weight is 244 g/mol. The molecule has 6 nitrogen and oxygen atoms in total. The Morgan fingerprint density at radius 1 is 1.53 bits per heavy atom. The van der Waals surface area contributed by atoms with E-state index in [0.717, 1.165) is 0 Å². The molecule has 3 N–H and O–H groups in total. The molecule has 1 aliphatic heterocycles. The first-order valence-electron chi connectivity index (χ1n) is 5.78. The summed E-state index contributed by atoms with van der Waals surface area (Å²) in [5.74, 6) is -0.646. The van der Waals surface area contributed by atoms with Crippen LogP contribution >= 0.6 is 0 Å². The first-order valence-corrected chi connectivity index (χ1v) is 5.78. The van der Waals surface area contributed by atoms with Gasteiger partial charge in [-0.2, -0.15) is 0 Å². The third kappa shape index (κ3) is 4.70. The fraction of sp³-hybridized carbons (Fsp3) is 0.818. The molecular formula is C11H20N2O4. The number of primary amides is 1. The summed E-state index contributed by atoms with van der Waals surface area (Å²) < 4.78 is 10.7. The van der Waals surface area contributed by atoms with Crippen molar-refractivity contribution in [2.75, 3.05) is 19.8 Å². The highest BCUT2D eigenvalue weighted by Crippen LogP contribution is 2.12. The lowest BCUT2D eigenvalue weighted by Crippen LogP contribution is -2.52. The van der Waals surface area contributed by atoms with E-state index in [2.05, 4.69) is 5.32 Å². The lowest BCUT2D eigenvalue weighted by atomic mass is 10.1. The predicted molar refractivity (Wildman–Crippen MR) is 61.1 cm³/mol. The maximum Gasteiger partial charge on any atom is 0.243 e. The largest absolute Gasteiger partial charge is 0.379 e. The Kier molecular flexibility index (Phi) is 5.37. The van der Waals surface area contributed by atoms with Crippen molar-refractivity contribution in [2.45, 2.75) is 32.4 Å². The van der Waals surface area contributed by atoms with Gasteiger partial charge in [0.05, 0.1) is 18.8 Å².